The van der Waals surface area contributed by atoms with Gasteiger partial charge in [0.1, 0.15) is 0 Å². The topological polar surface area (TPSA) is 64.5 Å². The summed E-state index contributed by atoms with van der Waals surface area (Å²) >= 11 is 7.09. The molecule has 110 valence electrons. The molecule has 1 N–H and O–H groups in total. The number of carbonyl (C=O) groups excluding carboxylic acids is 1. The van der Waals surface area contributed by atoms with E-state index in [4.69, 9.17) is 11.6 Å². The maximum absolute atomic E-state index is 11.9. The zero-order valence-electron chi connectivity index (χ0n) is 11.2. The molecule has 2 aromatic carbocycles. The van der Waals surface area contributed by atoms with Crippen molar-refractivity contribution in [3.05, 3.63) is 64.0 Å². The highest BCUT2D eigenvalue weighted by Gasteiger charge is 2.23. The van der Waals surface area contributed by atoms with Gasteiger partial charge in [-0.25, -0.2) is 4.99 Å². The largest absolute Gasteiger partial charge is 0.872 e. The van der Waals surface area contributed by atoms with E-state index < -0.39 is 0 Å². The van der Waals surface area contributed by atoms with Gasteiger partial charge in [-0.15, -0.1) is 5.75 Å². The molecular weight excluding hydrogens is 320 g/mol. The van der Waals surface area contributed by atoms with Gasteiger partial charge >= 0.3 is 0 Å². The van der Waals surface area contributed by atoms with E-state index in [9.17, 15) is 9.90 Å². The molecule has 1 aliphatic rings. The van der Waals surface area contributed by atoms with Gasteiger partial charge in [0.2, 0.25) is 0 Å². The highest BCUT2D eigenvalue weighted by molar-refractivity contribution is 8.18. The maximum atomic E-state index is 11.9. The Morgan fingerprint density at radius 2 is 1.77 bits per heavy atom. The molecule has 0 aliphatic carbocycles. The molecule has 22 heavy (non-hydrogen) atoms. The molecule has 0 radical (unpaired) electrons. The smallest absolute Gasteiger partial charge is 0.264 e. The number of hydrogen-bond acceptors (Lipinski definition) is 4. The number of thioether (sulfide) groups is 1. The van der Waals surface area contributed by atoms with Crippen LogP contribution >= 0.6 is 23.4 Å². The Labute approximate surface area is 136 Å². The zero-order valence-corrected chi connectivity index (χ0v) is 12.8. The highest BCUT2D eigenvalue weighted by Crippen LogP contribution is 2.28. The molecule has 1 fully saturated rings. The average molecular weight is 330 g/mol. The van der Waals surface area contributed by atoms with E-state index >= 15 is 0 Å². The number of nitrogens with zero attached hydrogens (tertiary/aromatic N) is 1. The number of hydrogen-bond donors (Lipinski definition) is 1. The maximum Gasteiger partial charge on any atom is 0.264 e. The number of nitrogens with one attached hydrogen (secondary N) is 1. The van der Waals surface area contributed by atoms with Gasteiger partial charge in [0.15, 0.2) is 5.17 Å². The summed E-state index contributed by atoms with van der Waals surface area (Å²) in [7, 11) is 0. The molecule has 0 bridgehead atoms. The van der Waals surface area contributed by atoms with Gasteiger partial charge in [-0.3, -0.25) is 4.79 Å². The molecule has 0 saturated carbocycles. The predicted octanol–water partition coefficient (Wildman–Crippen LogP) is 3.31. The molecule has 1 amide bonds. The lowest BCUT2D eigenvalue weighted by Crippen LogP contribution is -2.19. The summed E-state index contributed by atoms with van der Waals surface area (Å²) in [6.07, 6.45) is 1.78. The Morgan fingerprint density at radius 3 is 2.45 bits per heavy atom. The Hall–Kier alpha value is -2.24. The number of amides is 1. The first-order chi connectivity index (χ1) is 10.6. The van der Waals surface area contributed by atoms with Crippen LogP contribution in [0, 0.1) is 0 Å². The number of aliphatic imine (C=N–C) groups is 1. The first kappa shape index (κ1) is 14.7. The van der Waals surface area contributed by atoms with Crippen LogP contribution in [0.5, 0.6) is 5.75 Å². The van der Waals surface area contributed by atoms with Crippen molar-refractivity contribution < 1.29 is 9.90 Å². The summed E-state index contributed by atoms with van der Waals surface area (Å²) in [5, 5.41) is 14.9. The van der Waals surface area contributed by atoms with Gasteiger partial charge in [0.25, 0.3) is 5.91 Å². The minimum absolute atomic E-state index is 0.0737. The molecule has 3 rings (SSSR count). The van der Waals surface area contributed by atoms with E-state index in [1.165, 1.54) is 23.9 Å². The van der Waals surface area contributed by atoms with E-state index in [-0.39, 0.29) is 11.7 Å². The molecule has 0 unspecified atom stereocenters. The quantitative estimate of drug-likeness (QED) is 0.860. The minimum atomic E-state index is -0.195. The lowest BCUT2D eigenvalue weighted by atomic mass is 10.2. The van der Waals surface area contributed by atoms with E-state index in [1.54, 1.807) is 30.3 Å². The lowest BCUT2D eigenvalue weighted by Gasteiger charge is -2.03. The minimum Gasteiger partial charge on any atom is -0.872 e. The van der Waals surface area contributed by atoms with Crippen molar-refractivity contribution >= 4 is 46.2 Å². The van der Waals surface area contributed by atoms with Crippen LogP contribution in [0.1, 0.15) is 5.56 Å². The molecule has 2 aromatic rings. The van der Waals surface area contributed by atoms with Gasteiger partial charge < -0.3 is 10.4 Å². The van der Waals surface area contributed by atoms with Crippen molar-refractivity contribution in [2.75, 3.05) is 0 Å². The summed E-state index contributed by atoms with van der Waals surface area (Å²) in [6.45, 7) is 0. The van der Waals surface area contributed by atoms with Crippen molar-refractivity contribution in [1.82, 2.24) is 5.32 Å². The number of halogens is 1. The molecule has 4 nitrogen and oxygen atoms in total. The molecule has 1 saturated heterocycles. The van der Waals surface area contributed by atoms with Crippen molar-refractivity contribution in [2.24, 2.45) is 4.99 Å². The molecule has 0 aromatic heterocycles. The van der Waals surface area contributed by atoms with Gasteiger partial charge in [-0.05, 0) is 47.7 Å². The van der Waals surface area contributed by atoms with Crippen molar-refractivity contribution in [3.8, 4) is 5.75 Å². The fourth-order valence-corrected chi connectivity index (χ4v) is 2.80. The molecular formula is C16H10ClN2O2S-. The van der Waals surface area contributed by atoms with Crippen LogP contribution in [-0.2, 0) is 4.79 Å². The van der Waals surface area contributed by atoms with Crippen LogP contribution < -0.4 is 10.4 Å². The van der Waals surface area contributed by atoms with Gasteiger partial charge in [-0.2, -0.15) is 0 Å². The molecule has 1 heterocycles. The second-order valence-corrected chi connectivity index (χ2v) is 5.99. The average Bonchev–Trinajstić information content (AvgIpc) is 2.84. The van der Waals surface area contributed by atoms with Gasteiger partial charge in [0.05, 0.1) is 10.6 Å². The second kappa shape index (κ2) is 6.25. The Balaban J connectivity index is 1.80. The Morgan fingerprint density at radius 1 is 1.09 bits per heavy atom. The summed E-state index contributed by atoms with van der Waals surface area (Å²) in [4.78, 5) is 16.8. The summed E-state index contributed by atoms with van der Waals surface area (Å²) in [5.74, 6) is -0.269. The lowest BCUT2D eigenvalue weighted by molar-refractivity contribution is -0.268. The zero-order chi connectivity index (χ0) is 15.5. The second-order valence-electron chi connectivity index (χ2n) is 4.53. The third-order valence-corrected chi connectivity index (χ3v) is 4.05. The molecule has 0 atom stereocenters. The SMILES string of the molecule is O=C1NC(=Nc2ccc([O-])cc2)S/C1=C\c1ccc(Cl)cc1. The summed E-state index contributed by atoms with van der Waals surface area (Å²) in [6, 6.07) is 13.3. The van der Waals surface area contributed by atoms with Gasteiger partial charge in [0, 0.05) is 5.02 Å². The Kier molecular flexibility index (Phi) is 4.18. The van der Waals surface area contributed by atoms with E-state index in [0.717, 1.165) is 5.56 Å². The number of amidine groups is 1. The van der Waals surface area contributed by atoms with Crippen LogP contribution in [0.15, 0.2) is 58.4 Å². The van der Waals surface area contributed by atoms with Crippen LogP contribution in [0.2, 0.25) is 5.02 Å². The number of carbonyl (C=O) groups is 1. The third-order valence-electron chi connectivity index (χ3n) is 2.89. The fourth-order valence-electron chi connectivity index (χ4n) is 1.83. The normalized spacial score (nSPS) is 18.0. The molecule has 6 heteroatoms. The van der Waals surface area contributed by atoms with Crippen molar-refractivity contribution in [3.63, 3.8) is 0 Å². The monoisotopic (exact) mass is 329 g/mol. The summed E-state index contributed by atoms with van der Waals surface area (Å²) in [5.41, 5.74) is 1.51. The van der Waals surface area contributed by atoms with E-state index in [2.05, 4.69) is 10.3 Å². The van der Waals surface area contributed by atoms with Crippen molar-refractivity contribution in [1.29, 1.82) is 0 Å². The molecule has 0 spiro atoms. The van der Waals surface area contributed by atoms with E-state index in [1.807, 2.05) is 12.1 Å². The first-order valence-electron chi connectivity index (χ1n) is 6.42. The fraction of sp³-hybridized carbons (Fsp3) is 0. The Bertz CT molecular complexity index is 768. The third kappa shape index (κ3) is 3.50. The van der Waals surface area contributed by atoms with Gasteiger partial charge in [-0.1, -0.05) is 35.9 Å². The van der Waals surface area contributed by atoms with Crippen LogP contribution in [0.4, 0.5) is 5.69 Å². The van der Waals surface area contributed by atoms with Crippen molar-refractivity contribution in [2.45, 2.75) is 0 Å². The van der Waals surface area contributed by atoms with Crippen LogP contribution in [-0.4, -0.2) is 11.1 Å². The van der Waals surface area contributed by atoms with Crippen LogP contribution in [0.25, 0.3) is 6.08 Å². The predicted molar refractivity (Wildman–Crippen MR) is 88.1 cm³/mol. The first-order valence-corrected chi connectivity index (χ1v) is 7.62. The van der Waals surface area contributed by atoms with E-state index in [0.29, 0.717) is 20.8 Å². The highest BCUT2D eigenvalue weighted by atomic mass is 35.5. The molecule has 1 aliphatic heterocycles. The number of rotatable bonds is 2. The number of benzene rings is 2. The summed E-state index contributed by atoms with van der Waals surface area (Å²) < 4.78 is 0. The van der Waals surface area contributed by atoms with Crippen LogP contribution in [0.3, 0.4) is 0 Å². The standard InChI is InChI=1S/C16H11ClN2O2S/c17-11-3-1-10(2-4-11)9-14-15(21)19-16(22-14)18-12-5-7-13(20)8-6-12/h1-9,20H,(H,18,19,21)/p-1/b14-9-.